The zero-order chi connectivity index (χ0) is 23.9. The second kappa shape index (κ2) is 8.68. The van der Waals surface area contributed by atoms with Crippen LogP contribution in [0.5, 0.6) is 0 Å². The summed E-state index contributed by atoms with van der Waals surface area (Å²) in [6, 6.07) is 8.36. The first-order valence-corrected chi connectivity index (χ1v) is 12.1. The smallest absolute Gasteiger partial charge is 0.223 e. The number of nitrogens with one attached hydrogen (secondary N) is 1. The predicted molar refractivity (Wildman–Crippen MR) is 134 cm³/mol. The maximum atomic E-state index is 12.1. The highest BCUT2D eigenvalue weighted by Gasteiger charge is 2.29. The van der Waals surface area contributed by atoms with Crippen LogP contribution in [0.25, 0.3) is 22.6 Å². The normalized spacial score (nSPS) is 16.2. The fraction of sp³-hybridized carbons (Fsp3) is 0.400. The molecule has 1 saturated heterocycles. The van der Waals surface area contributed by atoms with Gasteiger partial charge < -0.3 is 19.7 Å². The van der Waals surface area contributed by atoms with E-state index in [-0.39, 0.29) is 11.8 Å². The van der Waals surface area contributed by atoms with E-state index in [2.05, 4.69) is 48.4 Å². The Hall–Kier alpha value is -3.95. The van der Waals surface area contributed by atoms with E-state index in [0.29, 0.717) is 6.54 Å². The number of nitrogens with zero attached hydrogens (tertiary/aromatic N) is 8. The minimum absolute atomic E-state index is 0.179. The topological polar surface area (TPSA) is 97.0 Å². The number of para-hydroxylation sites is 1. The summed E-state index contributed by atoms with van der Waals surface area (Å²) < 4.78 is 3.77. The van der Waals surface area contributed by atoms with Crippen LogP contribution >= 0.6 is 0 Å². The summed E-state index contributed by atoms with van der Waals surface area (Å²) in [5.74, 6) is 2.10. The first kappa shape index (κ1) is 21.6. The van der Waals surface area contributed by atoms with E-state index in [4.69, 9.17) is 4.98 Å². The highest BCUT2D eigenvalue weighted by atomic mass is 16.2. The minimum atomic E-state index is 0.179. The molecule has 1 aliphatic heterocycles. The van der Waals surface area contributed by atoms with E-state index in [1.165, 1.54) is 5.69 Å². The third-order valence-corrected chi connectivity index (χ3v) is 6.91. The van der Waals surface area contributed by atoms with Gasteiger partial charge in [0.25, 0.3) is 0 Å². The van der Waals surface area contributed by atoms with Gasteiger partial charge in [-0.15, -0.1) is 0 Å². The number of anilines is 2. The number of hydrogen-bond donors (Lipinski definition) is 1. The number of aryl methyl sites for hydroxylation is 2. The largest absolute Gasteiger partial charge is 0.368 e. The van der Waals surface area contributed by atoms with Crippen LogP contribution in [-0.2, 0) is 25.4 Å². The molecule has 1 N–H and O–H groups in total. The first-order chi connectivity index (χ1) is 17.1. The average molecular weight is 472 g/mol. The number of hydrogen-bond acceptors (Lipinski definition) is 7. The second-order valence-corrected chi connectivity index (χ2v) is 9.36. The van der Waals surface area contributed by atoms with E-state index in [0.717, 1.165) is 73.0 Å². The van der Waals surface area contributed by atoms with Crippen LogP contribution in [-0.4, -0.2) is 61.4 Å². The monoisotopic (exact) mass is 471 g/mol. The summed E-state index contributed by atoms with van der Waals surface area (Å²) in [5.41, 5.74) is 4.92. The van der Waals surface area contributed by atoms with Gasteiger partial charge in [-0.25, -0.2) is 15.0 Å². The van der Waals surface area contributed by atoms with Crippen molar-refractivity contribution in [3.05, 3.63) is 48.5 Å². The van der Waals surface area contributed by atoms with Gasteiger partial charge in [0.1, 0.15) is 12.2 Å². The second-order valence-electron chi connectivity index (χ2n) is 9.36. The lowest BCUT2D eigenvalue weighted by Crippen LogP contribution is -2.47. The van der Waals surface area contributed by atoms with Crippen LogP contribution < -0.4 is 15.1 Å². The van der Waals surface area contributed by atoms with Gasteiger partial charge in [0, 0.05) is 64.6 Å². The molecule has 1 aliphatic carbocycles. The van der Waals surface area contributed by atoms with Gasteiger partial charge in [-0.2, -0.15) is 5.10 Å². The molecule has 4 aromatic rings. The Bertz CT molecular complexity index is 1380. The SMILES string of the molecule is Cn1cc(-c2nc3c(N4CCN(c5ccccc5CNC(=O)C5CC5)CC4)ncnc3n2C)cn1. The fourth-order valence-electron chi connectivity index (χ4n) is 4.81. The van der Waals surface area contributed by atoms with Gasteiger partial charge in [-0.05, 0) is 24.5 Å². The fourth-order valence-corrected chi connectivity index (χ4v) is 4.81. The van der Waals surface area contributed by atoms with E-state index in [9.17, 15) is 4.79 Å². The molecule has 35 heavy (non-hydrogen) atoms. The Labute approximate surface area is 203 Å². The van der Waals surface area contributed by atoms with Crippen molar-refractivity contribution in [3.8, 4) is 11.4 Å². The zero-order valence-corrected chi connectivity index (χ0v) is 20.1. The molecule has 2 fully saturated rings. The molecule has 0 atom stereocenters. The predicted octanol–water partition coefficient (Wildman–Crippen LogP) is 2.12. The molecule has 0 radical (unpaired) electrons. The van der Waals surface area contributed by atoms with Crippen molar-refractivity contribution in [2.24, 2.45) is 20.0 Å². The van der Waals surface area contributed by atoms with E-state index in [1.54, 1.807) is 11.0 Å². The number of piperazine rings is 1. The number of benzene rings is 1. The summed E-state index contributed by atoms with van der Waals surface area (Å²) in [7, 11) is 3.88. The number of fused-ring (bicyclic) bond motifs is 1. The lowest BCUT2D eigenvalue weighted by molar-refractivity contribution is -0.122. The molecule has 10 nitrogen and oxygen atoms in total. The molecule has 2 aliphatic rings. The van der Waals surface area contributed by atoms with Gasteiger partial charge in [0.15, 0.2) is 17.0 Å². The molecule has 0 bridgehead atoms. The number of aromatic nitrogens is 6. The highest BCUT2D eigenvalue weighted by Crippen LogP contribution is 2.30. The third kappa shape index (κ3) is 4.09. The molecular formula is C25H29N9O. The zero-order valence-electron chi connectivity index (χ0n) is 20.1. The lowest BCUT2D eigenvalue weighted by Gasteiger charge is -2.37. The van der Waals surface area contributed by atoms with Crippen molar-refractivity contribution in [1.82, 2.24) is 34.6 Å². The third-order valence-electron chi connectivity index (χ3n) is 6.91. The van der Waals surface area contributed by atoms with Crippen LogP contribution in [0, 0.1) is 5.92 Å². The molecule has 1 aromatic carbocycles. The van der Waals surface area contributed by atoms with Crippen LogP contribution in [0.4, 0.5) is 11.5 Å². The van der Waals surface area contributed by atoms with Crippen molar-refractivity contribution in [1.29, 1.82) is 0 Å². The van der Waals surface area contributed by atoms with Crippen molar-refractivity contribution in [2.45, 2.75) is 19.4 Å². The number of carbonyl (C=O) groups is 1. The quantitative estimate of drug-likeness (QED) is 0.460. The van der Waals surface area contributed by atoms with E-state index < -0.39 is 0 Å². The average Bonchev–Trinajstić information content (AvgIpc) is 3.57. The molecule has 6 rings (SSSR count). The maximum absolute atomic E-state index is 12.1. The summed E-state index contributed by atoms with van der Waals surface area (Å²) in [4.78, 5) is 30.9. The van der Waals surface area contributed by atoms with Gasteiger partial charge in [-0.1, -0.05) is 18.2 Å². The van der Waals surface area contributed by atoms with Gasteiger partial charge in [0.2, 0.25) is 5.91 Å². The summed E-state index contributed by atoms with van der Waals surface area (Å²) >= 11 is 0. The van der Waals surface area contributed by atoms with Gasteiger partial charge in [-0.3, -0.25) is 9.48 Å². The van der Waals surface area contributed by atoms with Crippen molar-refractivity contribution >= 4 is 28.6 Å². The van der Waals surface area contributed by atoms with Crippen LogP contribution in [0.2, 0.25) is 0 Å². The minimum Gasteiger partial charge on any atom is -0.368 e. The molecule has 1 saturated carbocycles. The summed E-state index contributed by atoms with van der Waals surface area (Å²) in [6.45, 7) is 3.95. The van der Waals surface area contributed by atoms with E-state index in [1.807, 2.05) is 37.1 Å². The van der Waals surface area contributed by atoms with Crippen LogP contribution in [0.15, 0.2) is 43.0 Å². The molecule has 4 heterocycles. The Kier molecular flexibility index (Phi) is 5.35. The number of carbonyl (C=O) groups excluding carboxylic acids is 1. The molecule has 10 heteroatoms. The molecule has 0 unspecified atom stereocenters. The van der Waals surface area contributed by atoms with Gasteiger partial charge in [0.05, 0.1) is 11.8 Å². The highest BCUT2D eigenvalue weighted by molar-refractivity contribution is 5.87. The van der Waals surface area contributed by atoms with Crippen LogP contribution in [0.1, 0.15) is 18.4 Å². The Morgan fingerprint density at radius 1 is 1.06 bits per heavy atom. The van der Waals surface area contributed by atoms with Gasteiger partial charge >= 0.3 is 0 Å². The Balaban J connectivity index is 1.20. The van der Waals surface area contributed by atoms with Crippen molar-refractivity contribution in [2.75, 3.05) is 36.0 Å². The Morgan fingerprint density at radius 3 is 2.57 bits per heavy atom. The summed E-state index contributed by atoms with van der Waals surface area (Å²) in [6.07, 6.45) is 7.43. The molecule has 1 amide bonds. The van der Waals surface area contributed by atoms with Crippen molar-refractivity contribution < 1.29 is 4.79 Å². The molecule has 180 valence electrons. The lowest BCUT2D eigenvalue weighted by atomic mass is 10.1. The number of imidazole rings is 1. The molecule has 0 spiro atoms. The van der Waals surface area contributed by atoms with Crippen LogP contribution in [0.3, 0.4) is 0 Å². The molecule has 3 aromatic heterocycles. The standard InChI is InChI=1S/C25H29N9O/c1-31-15-19(14-29-31)22-30-21-23(32(22)2)27-16-28-24(21)34-11-9-33(10-12-34)20-6-4-3-5-18(20)13-26-25(35)17-7-8-17/h3-6,14-17H,7-13H2,1-2H3,(H,26,35). The number of rotatable bonds is 6. The van der Waals surface area contributed by atoms with Crippen molar-refractivity contribution in [3.63, 3.8) is 0 Å². The summed E-state index contributed by atoms with van der Waals surface area (Å²) in [5, 5.41) is 7.39. The maximum Gasteiger partial charge on any atom is 0.223 e. The number of amides is 1. The van der Waals surface area contributed by atoms with E-state index >= 15 is 0 Å². The first-order valence-electron chi connectivity index (χ1n) is 12.1. The molecular weight excluding hydrogens is 442 g/mol. The Morgan fingerprint density at radius 2 is 1.83 bits per heavy atom.